The number of aryl methyl sites for hydroxylation is 1. The van der Waals surface area contributed by atoms with Crippen molar-refractivity contribution in [1.82, 2.24) is 15.5 Å². The first-order valence-electron chi connectivity index (χ1n) is 6.98. The van der Waals surface area contributed by atoms with Gasteiger partial charge >= 0.3 is 0 Å². The van der Waals surface area contributed by atoms with Gasteiger partial charge in [-0.15, -0.1) is 10.2 Å². The van der Waals surface area contributed by atoms with Gasteiger partial charge in [-0.3, -0.25) is 4.79 Å². The molecule has 2 aromatic rings. The number of carbonyl (C=O) groups is 1. The Morgan fingerprint density at radius 3 is 2.52 bits per heavy atom. The van der Waals surface area contributed by atoms with Crippen molar-refractivity contribution >= 4 is 22.4 Å². The van der Waals surface area contributed by atoms with E-state index in [1.165, 1.54) is 16.9 Å². The van der Waals surface area contributed by atoms with Crippen LogP contribution in [0.25, 0.3) is 0 Å². The summed E-state index contributed by atoms with van der Waals surface area (Å²) in [5.41, 5.74) is 7.51. The molecule has 0 spiro atoms. The van der Waals surface area contributed by atoms with Gasteiger partial charge in [0.25, 0.3) is 0 Å². The van der Waals surface area contributed by atoms with Crippen LogP contribution in [0.4, 0.5) is 5.13 Å². The highest BCUT2D eigenvalue weighted by Gasteiger charge is 2.51. The lowest BCUT2D eigenvalue weighted by Gasteiger charge is -2.18. The van der Waals surface area contributed by atoms with Crippen LogP contribution in [0, 0.1) is 6.92 Å². The van der Waals surface area contributed by atoms with Crippen LogP contribution in [0.2, 0.25) is 0 Å². The second-order valence-electron chi connectivity index (χ2n) is 5.62. The summed E-state index contributed by atoms with van der Waals surface area (Å²) in [4.78, 5) is 12.6. The summed E-state index contributed by atoms with van der Waals surface area (Å²) in [7, 11) is 0. The molecule has 1 saturated carbocycles. The second-order valence-corrected chi connectivity index (χ2v) is 6.66. The van der Waals surface area contributed by atoms with Crippen molar-refractivity contribution in [2.45, 2.75) is 38.1 Å². The Morgan fingerprint density at radius 2 is 2.00 bits per heavy atom. The number of rotatable bonds is 4. The van der Waals surface area contributed by atoms with Crippen molar-refractivity contribution < 1.29 is 4.79 Å². The van der Waals surface area contributed by atoms with Crippen LogP contribution in [-0.2, 0) is 10.2 Å². The van der Waals surface area contributed by atoms with Gasteiger partial charge in [0.1, 0.15) is 5.01 Å². The van der Waals surface area contributed by atoms with E-state index < -0.39 is 0 Å². The zero-order chi connectivity index (χ0) is 15.0. The van der Waals surface area contributed by atoms with E-state index in [9.17, 15) is 4.79 Å². The highest BCUT2D eigenvalue weighted by molar-refractivity contribution is 7.15. The van der Waals surface area contributed by atoms with Crippen LogP contribution < -0.4 is 11.1 Å². The maximum Gasteiger partial charge on any atom is 0.231 e. The third-order valence-electron chi connectivity index (χ3n) is 3.96. The van der Waals surface area contributed by atoms with Crippen molar-refractivity contribution in [3.05, 3.63) is 40.4 Å². The van der Waals surface area contributed by atoms with E-state index in [4.69, 9.17) is 5.73 Å². The number of amides is 1. The normalized spacial score (nSPS) is 17.2. The lowest BCUT2D eigenvalue weighted by molar-refractivity contribution is -0.124. The maximum absolute atomic E-state index is 12.6. The Bertz CT molecular complexity index is 661. The minimum atomic E-state index is -0.363. The molecule has 1 fully saturated rings. The molecule has 0 bridgehead atoms. The highest BCUT2D eigenvalue weighted by atomic mass is 32.1. The molecule has 1 aromatic carbocycles. The van der Waals surface area contributed by atoms with Gasteiger partial charge in [0, 0.05) is 0 Å². The summed E-state index contributed by atoms with van der Waals surface area (Å²) < 4.78 is 0. The molecule has 21 heavy (non-hydrogen) atoms. The molecule has 5 nitrogen and oxygen atoms in total. The monoisotopic (exact) mass is 302 g/mol. The Balaban J connectivity index is 1.74. The number of nitrogen functional groups attached to an aromatic ring is 1. The van der Waals surface area contributed by atoms with Gasteiger partial charge in [0.15, 0.2) is 0 Å². The molecule has 0 aliphatic heterocycles. The Hall–Kier alpha value is -1.95. The van der Waals surface area contributed by atoms with Crippen molar-refractivity contribution in [3.8, 4) is 0 Å². The first kappa shape index (κ1) is 14.0. The fourth-order valence-electron chi connectivity index (χ4n) is 2.46. The molecule has 3 rings (SSSR count). The predicted molar refractivity (Wildman–Crippen MR) is 83.0 cm³/mol. The van der Waals surface area contributed by atoms with Crippen LogP contribution in [-0.4, -0.2) is 16.1 Å². The van der Waals surface area contributed by atoms with Gasteiger partial charge in [-0.1, -0.05) is 41.2 Å². The lowest BCUT2D eigenvalue weighted by atomic mass is 9.94. The summed E-state index contributed by atoms with van der Waals surface area (Å²) in [6, 6.07) is 8.04. The number of hydrogen-bond donors (Lipinski definition) is 2. The Morgan fingerprint density at radius 1 is 1.33 bits per heavy atom. The van der Waals surface area contributed by atoms with Gasteiger partial charge in [0.05, 0.1) is 11.5 Å². The van der Waals surface area contributed by atoms with Crippen molar-refractivity contribution in [2.75, 3.05) is 5.73 Å². The predicted octanol–water partition coefficient (Wildman–Crippen LogP) is 2.34. The zero-order valence-corrected chi connectivity index (χ0v) is 12.9. The molecule has 1 aliphatic rings. The SMILES string of the molecule is Cc1ccc(C2(C(=O)NC(C)c3nnc(N)s3)CC2)cc1. The summed E-state index contributed by atoms with van der Waals surface area (Å²) in [5, 5.41) is 12.0. The summed E-state index contributed by atoms with van der Waals surface area (Å²) in [6.07, 6.45) is 1.79. The van der Waals surface area contributed by atoms with Crippen molar-refractivity contribution in [2.24, 2.45) is 0 Å². The smallest absolute Gasteiger partial charge is 0.231 e. The number of carbonyl (C=O) groups excluding carboxylic acids is 1. The molecule has 0 saturated heterocycles. The first-order chi connectivity index (χ1) is 10.0. The minimum absolute atomic E-state index is 0.0626. The van der Waals surface area contributed by atoms with E-state index in [2.05, 4.69) is 39.8 Å². The first-order valence-corrected chi connectivity index (χ1v) is 7.80. The molecule has 1 unspecified atom stereocenters. The average molecular weight is 302 g/mol. The number of hydrogen-bond acceptors (Lipinski definition) is 5. The topological polar surface area (TPSA) is 80.9 Å². The number of aromatic nitrogens is 2. The van der Waals surface area contributed by atoms with Gasteiger partial charge in [-0.25, -0.2) is 0 Å². The largest absolute Gasteiger partial charge is 0.374 e. The van der Waals surface area contributed by atoms with Crippen LogP contribution in [0.1, 0.15) is 41.9 Å². The second kappa shape index (κ2) is 5.11. The van der Waals surface area contributed by atoms with Crippen LogP contribution in [0.15, 0.2) is 24.3 Å². The highest BCUT2D eigenvalue weighted by Crippen LogP contribution is 2.48. The van der Waals surface area contributed by atoms with E-state index in [1.54, 1.807) is 0 Å². The number of benzene rings is 1. The zero-order valence-electron chi connectivity index (χ0n) is 12.1. The third-order valence-corrected chi connectivity index (χ3v) is 4.90. The molecule has 0 radical (unpaired) electrons. The average Bonchev–Trinajstić information content (AvgIpc) is 3.16. The van der Waals surface area contributed by atoms with E-state index in [1.807, 2.05) is 13.8 Å². The number of nitrogens with zero attached hydrogens (tertiary/aromatic N) is 2. The summed E-state index contributed by atoms with van der Waals surface area (Å²) >= 11 is 1.31. The minimum Gasteiger partial charge on any atom is -0.374 e. The Kier molecular flexibility index (Phi) is 3.41. The number of anilines is 1. The quantitative estimate of drug-likeness (QED) is 0.908. The van der Waals surface area contributed by atoms with Gasteiger partial charge in [-0.2, -0.15) is 0 Å². The molecule has 6 heteroatoms. The van der Waals surface area contributed by atoms with E-state index >= 15 is 0 Å². The molecular weight excluding hydrogens is 284 g/mol. The standard InChI is InChI=1S/C15H18N4OS/c1-9-3-5-11(6-4-9)15(7-8-15)13(20)17-10(2)12-18-19-14(16)21-12/h3-6,10H,7-8H2,1-2H3,(H2,16,19)(H,17,20). The third kappa shape index (κ3) is 2.63. The van der Waals surface area contributed by atoms with Gasteiger partial charge < -0.3 is 11.1 Å². The van der Waals surface area contributed by atoms with Crippen LogP contribution in [0.3, 0.4) is 0 Å². The lowest BCUT2D eigenvalue weighted by Crippen LogP contribution is -2.36. The molecule has 1 amide bonds. The maximum atomic E-state index is 12.6. The summed E-state index contributed by atoms with van der Waals surface area (Å²) in [6.45, 7) is 3.95. The molecule has 3 N–H and O–H groups in total. The van der Waals surface area contributed by atoms with E-state index in [0.29, 0.717) is 5.13 Å². The molecule has 1 aromatic heterocycles. The molecular formula is C15H18N4OS. The van der Waals surface area contributed by atoms with Crippen molar-refractivity contribution in [3.63, 3.8) is 0 Å². The Labute approximate surface area is 127 Å². The number of nitrogens with one attached hydrogen (secondary N) is 1. The van der Waals surface area contributed by atoms with Crippen molar-refractivity contribution in [1.29, 1.82) is 0 Å². The van der Waals surface area contributed by atoms with Crippen LogP contribution >= 0.6 is 11.3 Å². The van der Waals surface area contributed by atoms with Gasteiger partial charge in [-0.05, 0) is 32.3 Å². The molecule has 1 aliphatic carbocycles. The van der Waals surface area contributed by atoms with Gasteiger partial charge in [0.2, 0.25) is 11.0 Å². The van der Waals surface area contributed by atoms with E-state index in [0.717, 1.165) is 23.4 Å². The number of nitrogens with two attached hydrogens (primary N) is 1. The van der Waals surface area contributed by atoms with E-state index in [-0.39, 0.29) is 17.4 Å². The molecule has 110 valence electrons. The molecule has 1 atom stereocenters. The molecule has 1 heterocycles. The fraction of sp³-hybridized carbons (Fsp3) is 0.400. The summed E-state index contributed by atoms with van der Waals surface area (Å²) in [5.74, 6) is 0.0626. The fourth-order valence-corrected chi connectivity index (χ4v) is 3.08. The van der Waals surface area contributed by atoms with Crippen LogP contribution in [0.5, 0.6) is 0 Å².